The Labute approximate surface area is 181 Å². The fourth-order valence-electron chi connectivity index (χ4n) is 1.87. The van der Waals surface area contributed by atoms with Crippen molar-refractivity contribution in [3.63, 3.8) is 0 Å². The summed E-state index contributed by atoms with van der Waals surface area (Å²) in [6.07, 6.45) is 4.96. The van der Waals surface area contributed by atoms with E-state index in [1.54, 1.807) is 0 Å². The molecular formula is C20H44O10. The minimum Gasteiger partial charge on any atom is -0.394 e. The number of hydrogen-bond donors (Lipinski definition) is 3. The van der Waals surface area contributed by atoms with Crippen LogP contribution in [-0.2, 0) is 33.5 Å². The van der Waals surface area contributed by atoms with E-state index in [4.69, 9.17) is 48.8 Å². The van der Waals surface area contributed by atoms with Gasteiger partial charge in [-0.25, -0.2) is 9.78 Å². The summed E-state index contributed by atoms with van der Waals surface area (Å²) in [5.41, 5.74) is 0. The van der Waals surface area contributed by atoms with Gasteiger partial charge in [-0.2, -0.15) is 0 Å². The number of rotatable bonds is 24. The van der Waals surface area contributed by atoms with Gasteiger partial charge in [-0.3, -0.25) is 0 Å². The van der Waals surface area contributed by atoms with Crippen LogP contribution < -0.4 is 0 Å². The van der Waals surface area contributed by atoms with Crippen LogP contribution in [0.2, 0.25) is 0 Å². The smallest absolute Gasteiger partial charge is 0.106 e. The zero-order valence-corrected chi connectivity index (χ0v) is 18.6. The second-order valence-electron chi connectivity index (χ2n) is 5.94. The van der Waals surface area contributed by atoms with E-state index in [1.165, 1.54) is 19.3 Å². The van der Waals surface area contributed by atoms with Crippen molar-refractivity contribution in [1.29, 1.82) is 0 Å². The first-order chi connectivity index (χ1) is 14.8. The van der Waals surface area contributed by atoms with Crippen molar-refractivity contribution in [2.45, 2.75) is 32.6 Å². The second kappa shape index (κ2) is 33.2. The van der Waals surface area contributed by atoms with Gasteiger partial charge in [0, 0.05) is 6.61 Å². The summed E-state index contributed by atoms with van der Waals surface area (Å²) < 4.78 is 25.5. The normalized spacial score (nSPS) is 10.8. The third kappa shape index (κ3) is 35.1. The third-order valence-electron chi connectivity index (χ3n) is 3.30. The predicted molar refractivity (Wildman–Crippen MR) is 111 cm³/mol. The molecule has 0 aromatic heterocycles. The number of aliphatic hydroxyl groups is 3. The molecule has 0 rings (SSSR count). The Bertz CT molecular complexity index is 246. The molecule has 10 heteroatoms. The summed E-state index contributed by atoms with van der Waals surface area (Å²) in [6, 6.07) is 0. The van der Waals surface area contributed by atoms with E-state index in [-0.39, 0.29) is 19.8 Å². The van der Waals surface area contributed by atoms with Gasteiger partial charge in [-0.15, -0.1) is 0 Å². The summed E-state index contributed by atoms with van der Waals surface area (Å²) in [5, 5.41) is 25.2. The van der Waals surface area contributed by atoms with E-state index in [9.17, 15) is 0 Å². The van der Waals surface area contributed by atoms with Gasteiger partial charge in [0.25, 0.3) is 0 Å². The molecule has 0 unspecified atom stereocenters. The summed E-state index contributed by atoms with van der Waals surface area (Å²) in [5.74, 6) is 0. The molecule has 10 nitrogen and oxygen atoms in total. The fraction of sp³-hybridized carbons (Fsp3) is 1.00. The molecule has 0 amide bonds. The molecule has 0 aliphatic rings. The van der Waals surface area contributed by atoms with Crippen molar-refractivity contribution in [2.24, 2.45) is 0 Å². The monoisotopic (exact) mass is 444 g/mol. The molecule has 0 spiro atoms. The molecule has 0 aromatic rings. The SMILES string of the molecule is CCCCCCOCCOCCOCCO.OCCOCCOOCCOCCO. The van der Waals surface area contributed by atoms with Crippen LogP contribution in [0.3, 0.4) is 0 Å². The number of hydrogen-bond acceptors (Lipinski definition) is 10. The fourth-order valence-corrected chi connectivity index (χ4v) is 1.87. The standard InChI is InChI=1S/C12H26O4.C8H18O6/c1-2-3-4-5-7-14-9-11-16-12-10-15-8-6-13;9-1-3-11-5-7-13-14-8-6-12-4-2-10/h13H,2-12H2,1H3;9-10H,1-8H2. The van der Waals surface area contributed by atoms with Gasteiger partial charge in [0.2, 0.25) is 0 Å². The maximum Gasteiger partial charge on any atom is 0.106 e. The van der Waals surface area contributed by atoms with Gasteiger partial charge in [-0.05, 0) is 6.42 Å². The van der Waals surface area contributed by atoms with Crippen LogP contribution >= 0.6 is 0 Å². The Balaban J connectivity index is 0. The molecule has 0 saturated carbocycles. The van der Waals surface area contributed by atoms with Crippen LogP contribution in [0, 0.1) is 0 Å². The maximum absolute atomic E-state index is 8.44. The highest BCUT2D eigenvalue weighted by molar-refractivity contribution is 4.40. The summed E-state index contributed by atoms with van der Waals surface area (Å²) in [6.45, 7) is 7.93. The quantitative estimate of drug-likeness (QED) is 0.110. The molecule has 0 fully saturated rings. The lowest BCUT2D eigenvalue weighted by atomic mass is 10.2. The van der Waals surface area contributed by atoms with Gasteiger partial charge in [0.15, 0.2) is 0 Å². The Morgan fingerprint density at radius 3 is 1.17 bits per heavy atom. The maximum atomic E-state index is 8.44. The highest BCUT2D eigenvalue weighted by Crippen LogP contribution is 1.98. The van der Waals surface area contributed by atoms with E-state index in [0.717, 1.165) is 13.0 Å². The Kier molecular flexibility index (Phi) is 35.2. The van der Waals surface area contributed by atoms with Gasteiger partial charge in [0.05, 0.1) is 79.3 Å². The Hall–Kier alpha value is -0.400. The Morgan fingerprint density at radius 2 is 0.767 bits per heavy atom. The van der Waals surface area contributed by atoms with Gasteiger partial charge >= 0.3 is 0 Å². The molecule has 0 atom stereocenters. The van der Waals surface area contributed by atoms with Crippen molar-refractivity contribution < 1.29 is 48.8 Å². The van der Waals surface area contributed by atoms with Gasteiger partial charge < -0.3 is 39.0 Å². The lowest BCUT2D eigenvalue weighted by Gasteiger charge is -2.06. The predicted octanol–water partition coefficient (Wildman–Crippen LogP) is 0.561. The van der Waals surface area contributed by atoms with E-state index in [0.29, 0.717) is 72.7 Å². The average Bonchev–Trinajstić information content (AvgIpc) is 2.76. The zero-order chi connectivity index (χ0) is 22.4. The number of ether oxygens (including phenoxy) is 5. The molecule has 0 heterocycles. The van der Waals surface area contributed by atoms with E-state index in [2.05, 4.69) is 6.92 Å². The van der Waals surface area contributed by atoms with Crippen LogP contribution in [-0.4, -0.2) is 114 Å². The first-order valence-corrected chi connectivity index (χ1v) is 10.8. The lowest BCUT2D eigenvalue weighted by Crippen LogP contribution is -2.11. The van der Waals surface area contributed by atoms with Crippen LogP contribution in [0.1, 0.15) is 32.6 Å². The van der Waals surface area contributed by atoms with Crippen molar-refractivity contribution >= 4 is 0 Å². The van der Waals surface area contributed by atoms with Crippen molar-refractivity contribution in [2.75, 3.05) is 99.1 Å². The molecule has 3 N–H and O–H groups in total. The average molecular weight is 445 g/mol. The minimum atomic E-state index is 0.00978. The molecule has 0 aromatic carbocycles. The molecule has 0 bridgehead atoms. The van der Waals surface area contributed by atoms with Crippen molar-refractivity contribution in [3.8, 4) is 0 Å². The van der Waals surface area contributed by atoms with E-state index in [1.807, 2.05) is 0 Å². The number of aliphatic hydroxyl groups excluding tert-OH is 3. The highest BCUT2D eigenvalue weighted by Gasteiger charge is 1.92. The van der Waals surface area contributed by atoms with Crippen molar-refractivity contribution in [3.05, 3.63) is 0 Å². The minimum absolute atomic E-state index is 0.00978. The van der Waals surface area contributed by atoms with Crippen LogP contribution in [0.15, 0.2) is 0 Å². The molecule has 0 aliphatic carbocycles. The third-order valence-corrected chi connectivity index (χ3v) is 3.30. The summed E-state index contributed by atoms with van der Waals surface area (Å²) in [7, 11) is 0. The van der Waals surface area contributed by atoms with Crippen LogP contribution in [0.5, 0.6) is 0 Å². The molecule has 0 aliphatic heterocycles. The summed E-state index contributed by atoms with van der Waals surface area (Å²) >= 11 is 0. The van der Waals surface area contributed by atoms with Crippen LogP contribution in [0.25, 0.3) is 0 Å². The first-order valence-electron chi connectivity index (χ1n) is 10.8. The second-order valence-corrected chi connectivity index (χ2v) is 5.94. The van der Waals surface area contributed by atoms with E-state index < -0.39 is 0 Å². The molecule has 0 saturated heterocycles. The van der Waals surface area contributed by atoms with Gasteiger partial charge in [0.1, 0.15) is 13.2 Å². The largest absolute Gasteiger partial charge is 0.394 e. The summed E-state index contributed by atoms with van der Waals surface area (Å²) in [4.78, 5) is 9.42. The first kappa shape index (κ1) is 31.8. The topological polar surface area (TPSA) is 125 Å². The lowest BCUT2D eigenvalue weighted by molar-refractivity contribution is -0.303. The van der Waals surface area contributed by atoms with Gasteiger partial charge in [-0.1, -0.05) is 26.2 Å². The molecule has 184 valence electrons. The molecular weight excluding hydrogens is 400 g/mol. The van der Waals surface area contributed by atoms with Crippen LogP contribution in [0.4, 0.5) is 0 Å². The number of unbranched alkanes of at least 4 members (excludes halogenated alkanes) is 3. The Morgan fingerprint density at radius 1 is 0.400 bits per heavy atom. The molecule has 30 heavy (non-hydrogen) atoms. The zero-order valence-electron chi connectivity index (χ0n) is 18.6. The van der Waals surface area contributed by atoms with Crippen molar-refractivity contribution in [1.82, 2.24) is 0 Å². The molecule has 0 radical (unpaired) electrons. The van der Waals surface area contributed by atoms with E-state index >= 15 is 0 Å². The highest BCUT2D eigenvalue weighted by atomic mass is 17.2.